The first-order valence-corrected chi connectivity index (χ1v) is 7.13. The van der Waals surface area contributed by atoms with E-state index in [-0.39, 0.29) is 12.6 Å². The molecule has 1 saturated carbocycles. The summed E-state index contributed by atoms with van der Waals surface area (Å²) in [6.07, 6.45) is 4.18. The number of hydrogen-bond acceptors (Lipinski definition) is 5. The van der Waals surface area contributed by atoms with E-state index in [1.165, 1.54) is 7.11 Å². The molecule has 0 radical (unpaired) electrons. The van der Waals surface area contributed by atoms with Crippen molar-refractivity contribution >= 4 is 16.1 Å². The normalized spacial score (nSPS) is 24.9. The lowest BCUT2D eigenvalue weighted by atomic mass is 9.72. The van der Waals surface area contributed by atoms with Crippen LogP contribution in [-0.2, 0) is 23.8 Å². The van der Waals surface area contributed by atoms with E-state index in [2.05, 4.69) is 8.92 Å². The van der Waals surface area contributed by atoms with Gasteiger partial charge in [0.1, 0.15) is 0 Å². The number of ether oxygens (including phenoxy) is 1. The SMILES string of the molecule is COC(=O)CC1CC(CCOS(C)(=O)=O)C1. The zero-order chi connectivity index (χ0) is 12.2. The Balaban J connectivity index is 2.06. The lowest BCUT2D eigenvalue weighted by Crippen LogP contribution is -2.27. The van der Waals surface area contributed by atoms with E-state index in [1.807, 2.05) is 0 Å². The summed E-state index contributed by atoms with van der Waals surface area (Å²) in [5.41, 5.74) is 0. The Hall–Kier alpha value is -0.620. The molecule has 0 aromatic carbocycles. The molecule has 0 unspecified atom stereocenters. The molecule has 1 fully saturated rings. The summed E-state index contributed by atoms with van der Waals surface area (Å²) in [6, 6.07) is 0. The summed E-state index contributed by atoms with van der Waals surface area (Å²) in [4.78, 5) is 10.9. The number of hydrogen-bond donors (Lipinski definition) is 0. The summed E-state index contributed by atoms with van der Waals surface area (Å²) in [5, 5.41) is 0. The van der Waals surface area contributed by atoms with E-state index >= 15 is 0 Å². The second kappa shape index (κ2) is 5.63. The molecule has 1 rings (SSSR count). The van der Waals surface area contributed by atoms with Gasteiger partial charge in [0, 0.05) is 6.42 Å². The Morgan fingerprint density at radius 2 is 1.94 bits per heavy atom. The van der Waals surface area contributed by atoms with E-state index in [0.717, 1.165) is 25.5 Å². The van der Waals surface area contributed by atoms with Crippen LogP contribution in [0.15, 0.2) is 0 Å². The molecule has 0 saturated heterocycles. The van der Waals surface area contributed by atoms with Gasteiger partial charge in [0.15, 0.2) is 0 Å². The van der Waals surface area contributed by atoms with Crippen molar-refractivity contribution in [2.45, 2.75) is 25.7 Å². The summed E-state index contributed by atoms with van der Waals surface area (Å²) in [5.74, 6) is 0.711. The molecule has 6 heteroatoms. The molecule has 0 spiro atoms. The van der Waals surface area contributed by atoms with Crippen LogP contribution >= 0.6 is 0 Å². The van der Waals surface area contributed by atoms with E-state index in [9.17, 15) is 13.2 Å². The van der Waals surface area contributed by atoms with Gasteiger partial charge in [0.2, 0.25) is 0 Å². The Morgan fingerprint density at radius 1 is 1.31 bits per heavy atom. The number of methoxy groups -OCH3 is 1. The maximum atomic E-state index is 10.9. The molecular weight excluding hydrogens is 232 g/mol. The zero-order valence-corrected chi connectivity index (χ0v) is 10.5. The van der Waals surface area contributed by atoms with Crippen LogP contribution < -0.4 is 0 Å². The highest BCUT2D eigenvalue weighted by molar-refractivity contribution is 7.85. The lowest BCUT2D eigenvalue weighted by Gasteiger charge is -2.34. The quantitative estimate of drug-likeness (QED) is 0.518. The fraction of sp³-hybridized carbons (Fsp3) is 0.900. The molecule has 0 aromatic heterocycles. The van der Waals surface area contributed by atoms with Gasteiger partial charge in [-0.15, -0.1) is 0 Å². The van der Waals surface area contributed by atoms with Gasteiger partial charge in [-0.2, -0.15) is 8.42 Å². The summed E-state index contributed by atoms with van der Waals surface area (Å²) in [7, 11) is -1.93. The molecule has 0 atom stereocenters. The summed E-state index contributed by atoms with van der Waals surface area (Å²) >= 11 is 0. The molecule has 0 N–H and O–H groups in total. The minimum absolute atomic E-state index is 0.171. The number of carbonyl (C=O) groups is 1. The van der Waals surface area contributed by atoms with Crippen LogP contribution in [0.25, 0.3) is 0 Å². The molecule has 16 heavy (non-hydrogen) atoms. The maximum Gasteiger partial charge on any atom is 0.305 e. The minimum Gasteiger partial charge on any atom is -0.469 e. The van der Waals surface area contributed by atoms with Crippen LogP contribution in [0.3, 0.4) is 0 Å². The number of rotatable bonds is 6. The first kappa shape index (κ1) is 13.4. The second-order valence-electron chi connectivity index (χ2n) is 4.30. The van der Waals surface area contributed by atoms with Crippen LogP contribution in [0.2, 0.25) is 0 Å². The fourth-order valence-corrected chi connectivity index (χ4v) is 2.36. The largest absolute Gasteiger partial charge is 0.469 e. The van der Waals surface area contributed by atoms with Crippen LogP contribution in [0.5, 0.6) is 0 Å². The van der Waals surface area contributed by atoms with Gasteiger partial charge in [0.25, 0.3) is 10.1 Å². The molecule has 0 aliphatic heterocycles. The highest BCUT2D eigenvalue weighted by Gasteiger charge is 2.30. The van der Waals surface area contributed by atoms with Crippen LogP contribution in [0.1, 0.15) is 25.7 Å². The molecule has 0 heterocycles. The topological polar surface area (TPSA) is 69.7 Å². The number of esters is 1. The van der Waals surface area contributed by atoms with Crippen LogP contribution in [0, 0.1) is 11.8 Å². The van der Waals surface area contributed by atoms with Gasteiger partial charge in [-0.3, -0.25) is 8.98 Å². The minimum atomic E-state index is -3.31. The molecule has 1 aliphatic rings. The van der Waals surface area contributed by atoms with E-state index < -0.39 is 10.1 Å². The Morgan fingerprint density at radius 3 is 2.44 bits per heavy atom. The van der Waals surface area contributed by atoms with Crippen molar-refractivity contribution in [3.63, 3.8) is 0 Å². The van der Waals surface area contributed by atoms with Gasteiger partial charge in [0.05, 0.1) is 20.0 Å². The first-order chi connectivity index (χ1) is 7.40. The second-order valence-corrected chi connectivity index (χ2v) is 5.94. The van der Waals surface area contributed by atoms with Gasteiger partial charge in [-0.05, 0) is 31.1 Å². The summed E-state index contributed by atoms with van der Waals surface area (Å²) < 4.78 is 30.6. The molecule has 1 aliphatic carbocycles. The third-order valence-electron chi connectivity index (χ3n) is 2.84. The standard InChI is InChI=1S/C10H18O5S/c1-14-10(11)7-9-5-8(6-9)3-4-15-16(2,12)13/h8-9H,3-7H2,1-2H3. The Labute approximate surface area is 96.2 Å². The third kappa shape index (κ3) is 4.94. The van der Waals surface area contributed by atoms with Gasteiger partial charge >= 0.3 is 5.97 Å². The average Bonchev–Trinajstić information content (AvgIpc) is 2.11. The van der Waals surface area contributed by atoms with E-state index in [1.54, 1.807) is 0 Å². The molecule has 0 bridgehead atoms. The van der Waals surface area contributed by atoms with Gasteiger partial charge in [-0.25, -0.2) is 0 Å². The van der Waals surface area contributed by atoms with Crippen molar-refractivity contribution in [1.82, 2.24) is 0 Å². The Bertz CT molecular complexity index is 329. The van der Waals surface area contributed by atoms with Crippen LogP contribution in [0.4, 0.5) is 0 Å². The average molecular weight is 250 g/mol. The molecule has 5 nitrogen and oxygen atoms in total. The predicted octanol–water partition coefficient (Wildman–Crippen LogP) is 0.942. The predicted molar refractivity (Wildman–Crippen MR) is 58.3 cm³/mol. The van der Waals surface area contributed by atoms with E-state index in [0.29, 0.717) is 18.3 Å². The Kier molecular flexibility index (Phi) is 4.73. The number of carbonyl (C=O) groups excluding carboxylic acids is 1. The lowest BCUT2D eigenvalue weighted by molar-refractivity contribution is -0.142. The van der Waals surface area contributed by atoms with Crippen molar-refractivity contribution < 1.29 is 22.1 Å². The smallest absolute Gasteiger partial charge is 0.305 e. The molecule has 94 valence electrons. The maximum absolute atomic E-state index is 10.9. The molecule has 0 aromatic rings. The van der Waals surface area contributed by atoms with Crippen molar-refractivity contribution in [2.75, 3.05) is 20.0 Å². The van der Waals surface area contributed by atoms with Crippen LogP contribution in [-0.4, -0.2) is 34.4 Å². The molecule has 0 amide bonds. The molecular formula is C10H18O5S. The van der Waals surface area contributed by atoms with Crippen molar-refractivity contribution in [3.05, 3.63) is 0 Å². The van der Waals surface area contributed by atoms with Gasteiger partial charge in [-0.1, -0.05) is 0 Å². The monoisotopic (exact) mass is 250 g/mol. The van der Waals surface area contributed by atoms with Crippen molar-refractivity contribution in [3.8, 4) is 0 Å². The van der Waals surface area contributed by atoms with E-state index in [4.69, 9.17) is 0 Å². The fourth-order valence-electron chi connectivity index (χ4n) is 1.96. The van der Waals surface area contributed by atoms with Crippen molar-refractivity contribution in [1.29, 1.82) is 0 Å². The first-order valence-electron chi connectivity index (χ1n) is 5.32. The van der Waals surface area contributed by atoms with Gasteiger partial charge < -0.3 is 4.74 Å². The third-order valence-corrected chi connectivity index (χ3v) is 3.43. The van der Waals surface area contributed by atoms with Crippen molar-refractivity contribution in [2.24, 2.45) is 11.8 Å². The highest BCUT2D eigenvalue weighted by atomic mass is 32.2. The highest BCUT2D eigenvalue weighted by Crippen LogP contribution is 2.38. The summed E-state index contributed by atoms with van der Waals surface area (Å²) in [6.45, 7) is 0.244. The zero-order valence-electron chi connectivity index (χ0n) is 9.64.